The Hall–Kier alpha value is -4.06. The second-order valence-corrected chi connectivity index (χ2v) is 6.03. The Kier molecular flexibility index (Phi) is 5.02. The Morgan fingerprint density at radius 2 is 1.32 bits per heavy atom. The largest absolute Gasteiger partial charge is 0.508 e. The van der Waals surface area contributed by atoms with E-state index in [9.17, 15) is 5.11 Å². The van der Waals surface area contributed by atoms with Gasteiger partial charge in [-0.2, -0.15) is 5.10 Å². The summed E-state index contributed by atoms with van der Waals surface area (Å²) >= 11 is 0. The zero-order valence-corrected chi connectivity index (χ0v) is 14.9. The van der Waals surface area contributed by atoms with Crippen LogP contribution >= 0.6 is 0 Å². The van der Waals surface area contributed by atoms with E-state index in [1.165, 1.54) is 0 Å². The summed E-state index contributed by atoms with van der Waals surface area (Å²) in [6.45, 7) is 0. The molecule has 0 aliphatic heterocycles. The number of aromatic hydroxyl groups is 1. The summed E-state index contributed by atoms with van der Waals surface area (Å²) in [5.41, 5.74) is 6.98. The van der Waals surface area contributed by atoms with Crippen LogP contribution in [0.1, 0.15) is 5.56 Å². The smallest absolute Gasteiger partial charge is 0.263 e. The van der Waals surface area contributed by atoms with Gasteiger partial charge in [0.2, 0.25) is 0 Å². The van der Waals surface area contributed by atoms with Gasteiger partial charge in [-0.25, -0.2) is 10.4 Å². The maximum Gasteiger partial charge on any atom is 0.263 e. The first-order valence-corrected chi connectivity index (χ1v) is 8.73. The van der Waals surface area contributed by atoms with Crippen molar-refractivity contribution in [3.63, 3.8) is 0 Å². The topological polar surface area (TPSA) is 83.3 Å². The monoisotopic (exact) mass is 367 g/mol. The maximum absolute atomic E-state index is 9.33. The van der Waals surface area contributed by atoms with Crippen LogP contribution in [0.25, 0.3) is 22.5 Å². The van der Waals surface area contributed by atoms with Crippen LogP contribution in [0.15, 0.2) is 90.0 Å². The fourth-order valence-electron chi connectivity index (χ4n) is 2.69. The standard InChI is InChI=1S/C22H17N5O/c28-19-13-11-16(12-14-19)15-23-26-22-24-20(17-7-3-1-4-8-17)21(25-27-22)18-9-5-2-6-10-18/h1-15,28H,(H,24,26,27)/b23-15+. The second kappa shape index (κ2) is 8.09. The van der Waals surface area contributed by atoms with Crippen molar-refractivity contribution in [2.45, 2.75) is 0 Å². The lowest BCUT2D eigenvalue weighted by atomic mass is 10.0. The predicted molar refractivity (Wildman–Crippen MR) is 110 cm³/mol. The molecule has 0 aliphatic rings. The lowest BCUT2D eigenvalue weighted by Gasteiger charge is -2.09. The van der Waals surface area contributed by atoms with E-state index in [2.05, 4.69) is 25.7 Å². The highest BCUT2D eigenvalue weighted by Gasteiger charge is 2.13. The first-order valence-electron chi connectivity index (χ1n) is 8.73. The molecule has 1 heterocycles. The number of aromatic nitrogens is 3. The highest BCUT2D eigenvalue weighted by Crippen LogP contribution is 2.28. The minimum absolute atomic E-state index is 0.210. The Balaban J connectivity index is 1.65. The Bertz CT molecular complexity index is 1080. The molecule has 136 valence electrons. The number of nitrogens with zero attached hydrogens (tertiary/aromatic N) is 4. The van der Waals surface area contributed by atoms with E-state index < -0.39 is 0 Å². The molecule has 1 aromatic heterocycles. The number of phenols is 1. The molecule has 4 aromatic rings. The van der Waals surface area contributed by atoms with Crippen molar-refractivity contribution in [2.75, 3.05) is 5.43 Å². The van der Waals surface area contributed by atoms with Crippen LogP contribution in [0.4, 0.5) is 5.95 Å². The van der Waals surface area contributed by atoms with Crippen LogP contribution in [0.3, 0.4) is 0 Å². The molecule has 6 heteroatoms. The first kappa shape index (κ1) is 17.4. The van der Waals surface area contributed by atoms with Crippen LogP contribution in [-0.4, -0.2) is 26.5 Å². The molecule has 0 amide bonds. The first-order chi connectivity index (χ1) is 13.8. The lowest BCUT2D eigenvalue weighted by molar-refractivity contribution is 0.475. The van der Waals surface area contributed by atoms with Crippen molar-refractivity contribution in [1.29, 1.82) is 0 Å². The molecular weight excluding hydrogens is 350 g/mol. The molecule has 6 nitrogen and oxygen atoms in total. The van der Waals surface area contributed by atoms with Crippen molar-refractivity contribution in [2.24, 2.45) is 5.10 Å². The number of phenolic OH excluding ortho intramolecular Hbond substituents is 1. The minimum Gasteiger partial charge on any atom is -0.508 e. The average Bonchev–Trinajstić information content (AvgIpc) is 2.76. The van der Waals surface area contributed by atoms with E-state index in [0.29, 0.717) is 11.6 Å². The van der Waals surface area contributed by atoms with Gasteiger partial charge >= 0.3 is 0 Å². The molecule has 0 saturated heterocycles. The van der Waals surface area contributed by atoms with E-state index in [-0.39, 0.29) is 5.75 Å². The number of rotatable bonds is 5. The van der Waals surface area contributed by atoms with Crippen molar-refractivity contribution < 1.29 is 5.11 Å². The zero-order valence-electron chi connectivity index (χ0n) is 14.9. The van der Waals surface area contributed by atoms with E-state index in [4.69, 9.17) is 0 Å². The normalized spacial score (nSPS) is 10.9. The Morgan fingerprint density at radius 3 is 1.96 bits per heavy atom. The molecule has 0 radical (unpaired) electrons. The SMILES string of the molecule is Oc1ccc(/C=N/Nc2nnc(-c3ccccc3)c(-c3ccccc3)n2)cc1. The van der Waals surface area contributed by atoms with Gasteiger partial charge in [0.1, 0.15) is 17.1 Å². The summed E-state index contributed by atoms with van der Waals surface area (Å²) in [7, 11) is 0. The van der Waals surface area contributed by atoms with Crippen molar-refractivity contribution in [3.8, 4) is 28.3 Å². The van der Waals surface area contributed by atoms with Crippen molar-refractivity contribution in [3.05, 3.63) is 90.5 Å². The van der Waals surface area contributed by atoms with Gasteiger partial charge < -0.3 is 5.11 Å². The molecule has 0 atom stereocenters. The number of hydrazone groups is 1. The van der Waals surface area contributed by atoms with Gasteiger partial charge in [-0.05, 0) is 29.8 Å². The van der Waals surface area contributed by atoms with Gasteiger partial charge in [0, 0.05) is 11.1 Å². The predicted octanol–water partition coefficient (Wildman–Crippen LogP) is 4.36. The Morgan fingerprint density at radius 1 is 0.714 bits per heavy atom. The molecule has 4 rings (SSSR count). The van der Waals surface area contributed by atoms with Crippen LogP contribution < -0.4 is 5.43 Å². The molecule has 0 spiro atoms. The van der Waals surface area contributed by atoms with E-state index in [0.717, 1.165) is 22.4 Å². The van der Waals surface area contributed by atoms with Gasteiger partial charge in [0.15, 0.2) is 0 Å². The van der Waals surface area contributed by atoms with E-state index in [1.807, 2.05) is 60.7 Å². The summed E-state index contributed by atoms with van der Waals surface area (Å²) in [5.74, 6) is 0.509. The molecule has 2 N–H and O–H groups in total. The molecule has 0 aliphatic carbocycles. The van der Waals surface area contributed by atoms with Gasteiger partial charge in [-0.15, -0.1) is 10.2 Å². The average molecular weight is 367 g/mol. The molecule has 0 saturated carbocycles. The zero-order chi connectivity index (χ0) is 19.2. The van der Waals surface area contributed by atoms with Crippen molar-refractivity contribution >= 4 is 12.2 Å². The third-order valence-corrected chi connectivity index (χ3v) is 4.05. The summed E-state index contributed by atoms with van der Waals surface area (Å²) in [4.78, 5) is 4.63. The quantitative estimate of drug-likeness (QED) is 0.404. The number of benzene rings is 3. The molecule has 0 unspecified atom stereocenters. The highest BCUT2D eigenvalue weighted by molar-refractivity contribution is 5.80. The summed E-state index contributed by atoms with van der Waals surface area (Å²) < 4.78 is 0. The van der Waals surface area contributed by atoms with Gasteiger partial charge in [0.05, 0.1) is 6.21 Å². The number of anilines is 1. The fraction of sp³-hybridized carbons (Fsp3) is 0. The number of hydrogen-bond donors (Lipinski definition) is 2. The second-order valence-electron chi connectivity index (χ2n) is 6.03. The van der Waals surface area contributed by atoms with Gasteiger partial charge in [-0.1, -0.05) is 60.7 Å². The third-order valence-electron chi connectivity index (χ3n) is 4.05. The highest BCUT2D eigenvalue weighted by atomic mass is 16.3. The molecule has 3 aromatic carbocycles. The summed E-state index contributed by atoms with van der Waals surface area (Å²) in [6.07, 6.45) is 1.62. The molecule has 28 heavy (non-hydrogen) atoms. The van der Waals surface area contributed by atoms with Crippen LogP contribution in [0.2, 0.25) is 0 Å². The van der Waals surface area contributed by atoms with Crippen molar-refractivity contribution in [1.82, 2.24) is 15.2 Å². The van der Waals surface area contributed by atoms with Gasteiger partial charge in [-0.3, -0.25) is 0 Å². The minimum atomic E-state index is 0.210. The fourth-order valence-corrected chi connectivity index (χ4v) is 2.69. The van der Waals surface area contributed by atoms with Crippen LogP contribution in [0.5, 0.6) is 5.75 Å². The summed E-state index contributed by atoms with van der Waals surface area (Å²) in [6, 6.07) is 26.4. The Labute approximate surface area is 162 Å². The molecule has 0 fully saturated rings. The van der Waals surface area contributed by atoms with E-state index in [1.54, 1.807) is 30.5 Å². The molecule has 0 bridgehead atoms. The summed E-state index contributed by atoms with van der Waals surface area (Å²) in [5, 5.41) is 22.0. The lowest BCUT2D eigenvalue weighted by Crippen LogP contribution is -2.03. The van der Waals surface area contributed by atoms with E-state index >= 15 is 0 Å². The third kappa shape index (κ3) is 4.02. The maximum atomic E-state index is 9.33. The molecular formula is C22H17N5O. The van der Waals surface area contributed by atoms with Crippen LogP contribution in [0, 0.1) is 0 Å². The number of hydrogen-bond acceptors (Lipinski definition) is 6. The van der Waals surface area contributed by atoms with Gasteiger partial charge in [0.25, 0.3) is 5.95 Å². The van der Waals surface area contributed by atoms with Crippen LogP contribution in [-0.2, 0) is 0 Å². The number of nitrogens with one attached hydrogen (secondary N) is 1.